The van der Waals surface area contributed by atoms with Crippen LogP contribution in [0.3, 0.4) is 0 Å². The Morgan fingerprint density at radius 2 is 1.79 bits per heavy atom. The Labute approximate surface area is 148 Å². The summed E-state index contributed by atoms with van der Waals surface area (Å²) in [5.74, 6) is -0.739. The summed E-state index contributed by atoms with van der Waals surface area (Å²) in [6.45, 7) is 1.83. The second-order valence-corrected chi connectivity index (χ2v) is 6.09. The Morgan fingerprint density at radius 1 is 1.12 bits per heavy atom. The van der Waals surface area contributed by atoms with Crippen molar-refractivity contribution >= 4 is 33.4 Å². The summed E-state index contributed by atoms with van der Waals surface area (Å²) in [6.07, 6.45) is 0.134. The first-order valence-corrected chi connectivity index (χ1v) is 8.31. The third-order valence-electron chi connectivity index (χ3n) is 3.52. The largest absolute Gasteiger partial charge is 0.352 e. The van der Waals surface area contributed by atoms with Gasteiger partial charge in [0.05, 0.1) is 5.69 Å². The summed E-state index contributed by atoms with van der Waals surface area (Å²) < 4.78 is 14.3. The highest BCUT2D eigenvalue weighted by Gasteiger charge is 2.15. The number of hydrogen-bond donors (Lipinski definition) is 1. The van der Waals surface area contributed by atoms with Gasteiger partial charge in [0.15, 0.2) is 0 Å². The smallest absolute Gasteiger partial charge is 0.223 e. The zero-order chi connectivity index (χ0) is 17.5. The molecule has 126 valence electrons. The number of nitrogens with one attached hydrogen (secondary N) is 1. The number of amides is 2. The maximum Gasteiger partial charge on any atom is 0.223 e. The third kappa shape index (κ3) is 4.89. The first-order chi connectivity index (χ1) is 11.5. The predicted octanol–water partition coefficient (Wildman–Crippen LogP) is 3.65. The summed E-state index contributed by atoms with van der Waals surface area (Å²) in [7, 11) is 0. The second-order valence-electron chi connectivity index (χ2n) is 5.24. The molecule has 0 bridgehead atoms. The second kappa shape index (κ2) is 8.59. The number of nitrogens with zero attached hydrogens (tertiary/aromatic N) is 1. The van der Waals surface area contributed by atoms with Crippen LogP contribution in [-0.4, -0.2) is 18.4 Å². The molecule has 4 nitrogen and oxygen atoms in total. The highest BCUT2D eigenvalue weighted by Crippen LogP contribution is 2.25. The van der Waals surface area contributed by atoms with E-state index in [0.29, 0.717) is 11.3 Å². The highest BCUT2D eigenvalue weighted by molar-refractivity contribution is 9.10. The summed E-state index contributed by atoms with van der Waals surface area (Å²) in [6, 6.07) is 13.6. The van der Waals surface area contributed by atoms with Gasteiger partial charge in [0.25, 0.3) is 0 Å². The summed E-state index contributed by atoms with van der Waals surface area (Å²) >= 11 is 3.41. The Morgan fingerprint density at radius 3 is 2.46 bits per heavy atom. The molecule has 1 N–H and O–H groups in total. The molecule has 6 heteroatoms. The van der Waals surface area contributed by atoms with Gasteiger partial charge < -0.3 is 10.2 Å². The Balaban J connectivity index is 1.93. The van der Waals surface area contributed by atoms with E-state index in [1.165, 1.54) is 17.9 Å². The minimum Gasteiger partial charge on any atom is -0.352 e. The fourth-order valence-corrected chi connectivity index (χ4v) is 2.75. The van der Waals surface area contributed by atoms with E-state index in [9.17, 15) is 14.0 Å². The van der Waals surface area contributed by atoms with E-state index in [2.05, 4.69) is 21.2 Å². The molecule has 0 unspecified atom stereocenters. The van der Waals surface area contributed by atoms with Crippen LogP contribution >= 0.6 is 15.9 Å². The molecule has 0 spiro atoms. The number of carbonyl (C=O) groups excluding carboxylic acids is 2. The average molecular weight is 393 g/mol. The molecule has 0 aliphatic heterocycles. The van der Waals surface area contributed by atoms with Crippen LogP contribution in [0.15, 0.2) is 53.0 Å². The molecule has 0 heterocycles. The Bertz CT molecular complexity index is 736. The van der Waals surface area contributed by atoms with Crippen molar-refractivity contribution in [3.63, 3.8) is 0 Å². The van der Waals surface area contributed by atoms with Gasteiger partial charge in [0.1, 0.15) is 5.82 Å². The number of hydrogen-bond acceptors (Lipinski definition) is 2. The van der Waals surface area contributed by atoms with Gasteiger partial charge in [-0.25, -0.2) is 4.39 Å². The number of halogens is 2. The molecule has 0 atom stereocenters. The van der Waals surface area contributed by atoms with Crippen molar-refractivity contribution in [1.29, 1.82) is 0 Å². The van der Waals surface area contributed by atoms with E-state index in [4.69, 9.17) is 0 Å². The maximum atomic E-state index is 13.5. The van der Waals surface area contributed by atoms with E-state index in [1.807, 2.05) is 24.3 Å². The summed E-state index contributed by atoms with van der Waals surface area (Å²) in [4.78, 5) is 25.4. The van der Waals surface area contributed by atoms with Crippen molar-refractivity contribution in [2.24, 2.45) is 0 Å². The molecule has 0 saturated heterocycles. The molecule has 0 radical (unpaired) electrons. The van der Waals surface area contributed by atoms with Crippen LogP contribution in [0.2, 0.25) is 0 Å². The number of anilines is 1. The van der Waals surface area contributed by atoms with Crippen LogP contribution in [0.25, 0.3) is 0 Å². The van der Waals surface area contributed by atoms with E-state index >= 15 is 0 Å². The predicted molar refractivity (Wildman–Crippen MR) is 95.0 cm³/mol. The van der Waals surface area contributed by atoms with Gasteiger partial charge in [0, 0.05) is 36.5 Å². The number of rotatable bonds is 6. The normalized spacial score (nSPS) is 10.3. The maximum absolute atomic E-state index is 13.5. The Hall–Kier alpha value is -2.21. The molecular formula is C18H18BrFN2O2. The number of para-hydroxylation sites is 1. The summed E-state index contributed by atoms with van der Waals surface area (Å²) in [5.41, 5.74) is 1.15. The van der Waals surface area contributed by atoms with E-state index in [1.54, 1.807) is 18.2 Å². The standard InChI is InChI=1S/C18H18BrFN2O2/c1-13(23)22(17-9-5-3-7-15(17)19)11-10-18(24)21-12-14-6-2-4-8-16(14)20/h2-9H,10-12H2,1H3,(H,21,24). The van der Waals surface area contributed by atoms with E-state index < -0.39 is 0 Å². The zero-order valence-corrected chi connectivity index (χ0v) is 14.8. The van der Waals surface area contributed by atoms with Crippen LogP contribution in [0.1, 0.15) is 18.9 Å². The molecule has 2 rings (SSSR count). The molecule has 0 aliphatic rings. The van der Waals surface area contributed by atoms with Crippen molar-refractivity contribution in [2.45, 2.75) is 19.9 Å². The molecule has 0 aromatic heterocycles. The van der Waals surface area contributed by atoms with Crippen molar-refractivity contribution in [2.75, 3.05) is 11.4 Å². The van der Waals surface area contributed by atoms with Crippen LogP contribution in [0, 0.1) is 5.82 Å². The fourth-order valence-electron chi connectivity index (χ4n) is 2.26. The number of carbonyl (C=O) groups is 2. The van der Waals surface area contributed by atoms with Gasteiger partial charge in [-0.3, -0.25) is 9.59 Å². The average Bonchev–Trinajstić information content (AvgIpc) is 2.55. The van der Waals surface area contributed by atoms with Crippen molar-refractivity contribution in [3.05, 3.63) is 64.4 Å². The molecule has 0 aliphatic carbocycles. The van der Waals surface area contributed by atoms with Gasteiger partial charge in [-0.1, -0.05) is 30.3 Å². The quantitative estimate of drug-likeness (QED) is 0.815. The van der Waals surface area contributed by atoms with Gasteiger partial charge in [-0.05, 0) is 34.1 Å². The van der Waals surface area contributed by atoms with Crippen LogP contribution < -0.4 is 10.2 Å². The van der Waals surface area contributed by atoms with Gasteiger partial charge in [-0.2, -0.15) is 0 Å². The zero-order valence-electron chi connectivity index (χ0n) is 13.3. The molecule has 2 aromatic carbocycles. The van der Waals surface area contributed by atoms with E-state index in [0.717, 1.165) is 4.47 Å². The lowest BCUT2D eigenvalue weighted by atomic mass is 10.2. The van der Waals surface area contributed by atoms with Crippen LogP contribution in [0.5, 0.6) is 0 Å². The van der Waals surface area contributed by atoms with Crippen molar-refractivity contribution in [3.8, 4) is 0 Å². The lowest BCUT2D eigenvalue weighted by Gasteiger charge is -2.22. The third-order valence-corrected chi connectivity index (χ3v) is 4.19. The number of benzene rings is 2. The first kappa shape index (κ1) is 18.1. The Kier molecular flexibility index (Phi) is 6.49. The fraction of sp³-hybridized carbons (Fsp3) is 0.222. The molecular weight excluding hydrogens is 375 g/mol. The van der Waals surface area contributed by atoms with Crippen LogP contribution in [0.4, 0.5) is 10.1 Å². The van der Waals surface area contributed by atoms with E-state index in [-0.39, 0.29) is 37.1 Å². The minimum absolute atomic E-state index is 0.126. The SMILES string of the molecule is CC(=O)N(CCC(=O)NCc1ccccc1F)c1ccccc1Br. The molecule has 2 aromatic rings. The van der Waals surface area contributed by atoms with Gasteiger partial charge in [-0.15, -0.1) is 0 Å². The summed E-state index contributed by atoms with van der Waals surface area (Å²) in [5, 5.41) is 2.67. The molecule has 0 saturated carbocycles. The van der Waals surface area contributed by atoms with Crippen LogP contribution in [-0.2, 0) is 16.1 Å². The molecule has 0 fully saturated rings. The highest BCUT2D eigenvalue weighted by atomic mass is 79.9. The lowest BCUT2D eigenvalue weighted by molar-refractivity contribution is -0.121. The van der Waals surface area contributed by atoms with Gasteiger partial charge in [0.2, 0.25) is 11.8 Å². The minimum atomic E-state index is -0.351. The van der Waals surface area contributed by atoms with Crippen molar-refractivity contribution in [1.82, 2.24) is 5.32 Å². The first-order valence-electron chi connectivity index (χ1n) is 7.52. The topological polar surface area (TPSA) is 49.4 Å². The van der Waals surface area contributed by atoms with Crippen molar-refractivity contribution < 1.29 is 14.0 Å². The van der Waals surface area contributed by atoms with Gasteiger partial charge >= 0.3 is 0 Å². The molecule has 24 heavy (non-hydrogen) atoms. The lowest BCUT2D eigenvalue weighted by Crippen LogP contribution is -2.34. The molecule has 2 amide bonds. The monoisotopic (exact) mass is 392 g/mol.